The van der Waals surface area contributed by atoms with Crippen molar-refractivity contribution < 1.29 is 4.79 Å². The summed E-state index contributed by atoms with van der Waals surface area (Å²) in [5.74, 6) is 0.532. The van der Waals surface area contributed by atoms with Gasteiger partial charge in [0.05, 0.1) is 11.8 Å². The van der Waals surface area contributed by atoms with E-state index in [9.17, 15) is 4.79 Å². The topological polar surface area (TPSA) is 29.1 Å². The summed E-state index contributed by atoms with van der Waals surface area (Å²) in [5, 5.41) is 5.03. The zero-order valence-electron chi connectivity index (χ0n) is 10.1. The van der Waals surface area contributed by atoms with Crippen LogP contribution in [0, 0.1) is 0 Å². The van der Waals surface area contributed by atoms with E-state index in [0.717, 1.165) is 4.90 Å². The summed E-state index contributed by atoms with van der Waals surface area (Å²) in [7, 11) is 0. The van der Waals surface area contributed by atoms with Crippen molar-refractivity contribution in [1.82, 2.24) is 5.32 Å². The molecule has 1 unspecified atom stereocenters. The fourth-order valence-electron chi connectivity index (χ4n) is 1.56. The molecule has 0 bridgehead atoms. The molecule has 1 atom stereocenters. The molecular weight excluding hydrogens is 262 g/mol. The van der Waals surface area contributed by atoms with Crippen molar-refractivity contribution in [3.63, 3.8) is 0 Å². The predicted molar refractivity (Wildman–Crippen MR) is 78.0 cm³/mol. The molecule has 4 heteroatoms. The van der Waals surface area contributed by atoms with Crippen molar-refractivity contribution >= 4 is 29.0 Å². The number of benzene rings is 1. The Kier molecular flexibility index (Phi) is 4.84. The molecule has 0 aliphatic rings. The van der Waals surface area contributed by atoms with Crippen LogP contribution in [0.15, 0.2) is 52.7 Å². The van der Waals surface area contributed by atoms with Crippen LogP contribution < -0.4 is 5.32 Å². The van der Waals surface area contributed by atoms with Crippen LogP contribution in [-0.2, 0) is 4.79 Å². The highest BCUT2D eigenvalue weighted by molar-refractivity contribution is 8.00. The van der Waals surface area contributed by atoms with Gasteiger partial charge in [-0.1, -0.05) is 24.3 Å². The number of carbonyl (C=O) groups is 1. The molecule has 1 aromatic heterocycles. The molecule has 0 aliphatic carbocycles. The van der Waals surface area contributed by atoms with E-state index in [1.54, 1.807) is 23.1 Å². The highest BCUT2D eigenvalue weighted by atomic mass is 32.2. The fourth-order valence-corrected chi connectivity index (χ4v) is 3.02. The number of hydrogen-bond acceptors (Lipinski definition) is 3. The lowest BCUT2D eigenvalue weighted by Gasteiger charge is -2.11. The Morgan fingerprint density at radius 1 is 1.28 bits per heavy atom. The maximum atomic E-state index is 11.8. The lowest BCUT2D eigenvalue weighted by molar-refractivity contribution is -0.119. The third-order valence-electron chi connectivity index (χ3n) is 2.46. The summed E-state index contributed by atoms with van der Waals surface area (Å²) in [6, 6.07) is 14.1. The second-order valence-electron chi connectivity index (χ2n) is 3.91. The van der Waals surface area contributed by atoms with Crippen LogP contribution >= 0.6 is 23.1 Å². The van der Waals surface area contributed by atoms with Crippen LogP contribution in [0.25, 0.3) is 0 Å². The minimum atomic E-state index is 0.0738. The molecule has 1 heterocycles. The first-order valence-corrected chi connectivity index (χ1v) is 7.63. The number of carbonyl (C=O) groups excluding carboxylic acids is 1. The molecule has 1 amide bonds. The number of hydrogen-bond donors (Lipinski definition) is 1. The lowest BCUT2D eigenvalue weighted by atomic mass is 10.3. The van der Waals surface area contributed by atoms with E-state index in [1.807, 2.05) is 54.8 Å². The number of nitrogens with one attached hydrogen (secondary N) is 1. The standard InChI is InChI=1S/C14H15NOS2/c1-11(13-8-5-9-17-13)15-14(16)10-18-12-6-3-2-4-7-12/h2-9,11H,10H2,1H3,(H,15,16). The average Bonchev–Trinajstić information content (AvgIpc) is 2.91. The first-order chi connectivity index (χ1) is 8.75. The summed E-state index contributed by atoms with van der Waals surface area (Å²) >= 11 is 3.23. The van der Waals surface area contributed by atoms with E-state index in [4.69, 9.17) is 0 Å². The van der Waals surface area contributed by atoms with Gasteiger partial charge in [-0.3, -0.25) is 4.79 Å². The molecule has 1 N–H and O–H groups in total. The van der Waals surface area contributed by atoms with Gasteiger partial charge >= 0.3 is 0 Å². The molecule has 0 radical (unpaired) electrons. The number of thiophene rings is 1. The van der Waals surface area contributed by atoms with Crippen LogP contribution in [0.5, 0.6) is 0 Å². The third kappa shape index (κ3) is 3.89. The van der Waals surface area contributed by atoms with Crippen molar-refractivity contribution in [3.05, 3.63) is 52.7 Å². The summed E-state index contributed by atoms with van der Waals surface area (Å²) < 4.78 is 0. The molecular formula is C14H15NOS2. The number of thioether (sulfide) groups is 1. The Hall–Kier alpha value is -1.26. The zero-order valence-corrected chi connectivity index (χ0v) is 11.8. The van der Waals surface area contributed by atoms with Gasteiger partial charge < -0.3 is 5.32 Å². The lowest BCUT2D eigenvalue weighted by Crippen LogP contribution is -2.27. The molecule has 0 fully saturated rings. The van der Waals surface area contributed by atoms with Gasteiger partial charge in [0, 0.05) is 9.77 Å². The average molecular weight is 277 g/mol. The zero-order chi connectivity index (χ0) is 12.8. The Morgan fingerprint density at radius 2 is 2.06 bits per heavy atom. The Balaban J connectivity index is 1.79. The van der Waals surface area contributed by atoms with Crippen LogP contribution in [0.3, 0.4) is 0 Å². The molecule has 0 aliphatic heterocycles. The smallest absolute Gasteiger partial charge is 0.230 e. The third-order valence-corrected chi connectivity index (χ3v) is 4.53. The van der Waals surface area contributed by atoms with E-state index in [0.29, 0.717) is 5.75 Å². The maximum Gasteiger partial charge on any atom is 0.230 e. The molecule has 0 saturated carbocycles. The van der Waals surface area contributed by atoms with E-state index < -0.39 is 0 Å². The SMILES string of the molecule is CC(NC(=O)CSc1ccccc1)c1cccs1. The monoisotopic (exact) mass is 277 g/mol. The predicted octanol–water partition coefficient (Wildman–Crippen LogP) is 3.72. The van der Waals surface area contributed by atoms with Gasteiger partial charge in [0.2, 0.25) is 5.91 Å². The van der Waals surface area contributed by atoms with Crippen LogP contribution in [-0.4, -0.2) is 11.7 Å². The minimum absolute atomic E-state index is 0.0738. The number of amides is 1. The van der Waals surface area contributed by atoms with Crippen LogP contribution in [0.4, 0.5) is 0 Å². The molecule has 0 spiro atoms. The number of rotatable bonds is 5. The van der Waals surface area contributed by atoms with Gasteiger partial charge in [0.15, 0.2) is 0 Å². The van der Waals surface area contributed by atoms with Gasteiger partial charge in [-0.2, -0.15) is 0 Å². The first-order valence-electron chi connectivity index (χ1n) is 5.76. The Labute approximate surface area is 115 Å². The van der Waals surface area contributed by atoms with E-state index in [-0.39, 0.29) is 11.9 Å². The summed E-state index contributed by atoms with van der Waals surface area (Å²) in [4.78, 5) is 14.1. The minimum Gasteiger partial charge on any atom is -0.348 e. The van der Waals surface area contributed by atoms with Crippen LogP contribution in [0.1, 0.15) is 17.8 Å². The fraction of sp³-hybridized carbons (Fsp3) is 0.214. The molecule has 2 rings (SSSR count). The molecule has 2 aromatic rings. The maximum absolute atomic E-state index is 11.8. The quantitative estimate of drug-likeness (QED) is 0.844. The summed E-state index contributed by atoms with van der Waals surface area (Å²) in [6.45, 7) is 2.01. The highest BCUT2D eigenvalue weighted by Gasteiger charge is 2.10. The van der Waals surface area contributed by atoms with Crippen molar-refractivity contribution in [2.75, 3.05) is 5.75 Å². The molecule has 94 valence electrons. The molecule has 0 saturated heterocycles. The van der Waals surface area contributed by atoms with Gasteiger partial charge in [0.25, 0.3) is 0 Å². The van der Waals surface area contributed by atoms with Crippen molar-refractivity contribution in [2.45, 2.75) is 17.9 Å². The van der Waals surface area contributed by atoms with E-state index >= 15 is 0 Å². The van der Waals surface area contributed by atoms with Gasteiger partial charge in [-0.25, -0.2) is 0 Å². The normalized spacial score (nSPS) is 12.1. The Bertz CT molecular complexity index is 482. The van der Waals surface area contributed by atoms with E-state index in [2.05, 4.69) is 5.32 Å². The van der Waals surface area contributed by atoms with Crippen LogP contribution in [0.2, 0.25) is 0 Å². The molecule has 1 aromatic carbocycles. The van der Waals surface area contributed by atoms with Crippen molar-refractivity contribution in [2.24, 2.45) is 0 Å². The van der Waals surface area contributed by atoms with E-state index in [1.165, 1.54) is 4.88 Å². The summed E-state index contributed by atoms with van der Waals surface area (Å²) in [6.07, 6.45) is 0. The van der Waals surface area contributed by atoms with Gasteiger partial charge in [0.1, 0.15) is 0 Å². The highest BCUT2D eigenvalue weighted by Crippen LogP contribution is 2.20. The molecule has 2 nitrogen and oxygen atoms in total. The second kappa shape index (κ2) is 6.61. The van der Waals surface area contributed by atoms with Crippen molar-refractivity contribution in [3.8, 4) is 0 Å². The Morgan fingerprint density at radius 3 is 2.72 bits per heavy atom. The van der Waals surface area contributed by atoms with Crippen molar-refractivity contribution in [1.29, 1.82) is 0 Å². The first kappa shape index (κ1) is 13.2. The summed E-state index contributed by atoms with van der Waals surface area (Å²) in [5.41, 5.74) is 0. The van der Waals surface area contributed by atoms with Gasteiger partial charge in [-0.05, 0) is 30.5 Å². The molecule has 18 heavy (non-hydrogen) atoms. The largest absolute Gasteiger partial charge is 0.348 e. The second-order valence-corrected chi connectivity index (χ2v) is 5.93. The van der Waals surface area contributed by atoms with Gasteiger partial charge in [-0.15, -0.1) is 23.1 Å².